The fraction of sp³-hybridized carbons (Fsp3) is 0. The quantitative estimate of drug-likeness (QED) is 0.518. The van der Waals surface area contributed by atoms with Gasteiger partial charge in [-0.15, -0.1) is 0 Å². The second kappa shape index (κ2) is 4.94. The van der Waals surface area contributed by atoms with E-state index in [1.807, 2.05) is 0 Å². The standard InChI is InChI=1S/C10H6ClN3O5/c11-9(14(17)18)5-7(13(15)16)10-12-6-3-1-2-4-8(6)19-10/h1-5,12H/b9-5-,10-7-. The molecular weight excluding hydrogens is 278 g/mol. The molecule has 0 radical (unpaired) electrons. The van der Waals surface area contributed by atoms with Gasteiger partial charge in [-0.1, -0.05) is 12.1 Å². The van der Waals surface area contributed by atoms with Crippen molar-refractivity contribution in [1.29, 1.82) is 0 Å². The monoisotopic (exact) mass is 283 g/mol. The van der Waals surface area contributed by atoms with Crippen LogP contribution >= 0.6 is 11.6 Å². The van der Waals surface area contributed by atoms with Gasteiger partial charge in [0.25, 0.3) is 5.88 Å². The maximum absolute atomic E-state index is 10.9. The summed E-state index contributed by atoms with van der Waals surface area (Å²) in [6, 6.07) is 6.66. The van der Waals surface area contributed by atoms with Gasteiger partial charge >= 0.3 is 10.9 Å². The lowest BCUT2D eigenvalue weighted by molar-refractivity contribution is -0.429. The van der Waals surface area contributed by atoms with Crippen LogP contribution in [0.25, 0.3) is 0 Å². The van der Waals surface area contributed by atoms with Gasteiger partial charge in [0.1, 0.15) is 6.08 Å². The molecule has 0 bridgehead atoms. The van der Waals surface area contributed by atoms with E-state index in [1.54, 1.807) is 24.3 Å². The Labute approximate surface area is 111 Å². The molecule has 19 heavy (non-hydrogen) atoms. The van der Waals surface area contributed by atoms with Crippen LogP contribution in [-0.4, -0.2) is 9.85 Å². The van der Waals surface area contributed by atoms with Crippen LogP contribution in [0.2, 0.25) is 0 Å². The number of hydrogen-bond donors (Lipinski definition) is 1. The molecule has 0 amide bonds. The van der Waals surface area contributed by atoms with Crippen LogP contribution in [0, 0.1) is 20.2 Å². The summed E-state index contributed by atoms with van der Waals surface area (Å²) in [5.74, 6) is 0.175. The molecule has 98 valence electrons. The summed E-state index contributed by atoms with van der Waals surface area (Å²) in [7, 11) is 0. The molecule has 0 fully saturated rings. The predicted molar refractivity (Wildman–Crippen MR) is 65.6 cm³/mol. The van der Waals surface area contributed by atoms with Gasteiger partial charge in [0.2, 0.25) is 0 Å². The SMILES string of the molecule is O=[N+]([O-])C(/C=C(/Cl)[N+](=O)[O-])=C1/Nc2ccccc2O1. The number of allylic oxidation sites excluding steroid dienone is 1. The van der Waals surface area contributed by atoms with E-state index in [0.717, 1.165) is 0 Å². The molecule has 0 atom stereocenters. The third-order valence-electron chi connectivity index (χ3n) is 2.21. The number of halogens is 1. The molecule has 8 nitrogen and oxygen atoms in total. The third-order valence-corrected chi connectivity index (χ3v) is 2.45. The van der Waals surface area contributed by atoms with E-state index in [-0.39, 0.29) is 5.88 Å². The van der Waals surface area contributed by atoms with E-state index >= 15 is 0 Å². The first-order valence-corrected chi connectivity index (χ1v) is 5.31. The van der Waals surface area contributed by atoms with Crippen LogP contribution in [0.1, 0.15) is 0 Å². The Morgan fingerprint density at radius 1 is 1.26 bits per heavy atom. The number of fused-ring (bicyclic) bond motifs is 1. The first-order valence-electron chi connectivity index (χ1n) is 4.93. The number of para-hydroxylation sites is 2. The molecular formula is C10H6ClN3O5. The summed E-state index contributed by atoms with van der Waals surface area (Å²) >= 11 is 5.28. The maximum atomic E-state index is 10.9. The minimum Gasteiger partial charge on any atom is -0.433 e. The largest absolute Gasteiger partial charge is 0.433 e. The van der Waals surface area contributed by atoms with Crippen LogP contribution in [0.15, 0.2) is 47.1 Å². The number of anilines is 1. The van der Waals surface area contributed by atoms with E-state index in [9.17, 15) is 20.2 Å². The van der Waals surface area contributed by atoms with Gasteiger partial charge in [-0.3, -0.25) is 20.2 Å². The Morgan fingerprint density at radius 2 is 1.95 bits per heavy atom. The number of benzene rings is 1. The molecule has 9 heteroatoms. The lowest BCUT2D eigenvalue weighted by atomic mass is 10.3. The van der Waals surface area contributed by atoms with Crippen LogP contribution < -0.4 is 10.1 Å². The molecule has 0 unspecified atom stereocenters. The highest BCUT2D eigenvalue weighted by molar-refractivity contribution is 6.28. The molecule has 1 aliphatic heterocycles. The average molecular weight is 284 g/mol. The maximum Gasteiger partial charge on any atom is 0.344 e. The molecule has 0 saturated carbocycles. The van der Waals surface area contributed by atoms with Gasteiger partial charge in [-0.2, -0.15) is 0 Å². The predicted octanol–water partition coefficient (Wildman–Crippen LogP) is 2.29. The normalized spacial score (nSPS) is 16.2. The van der Waals surface area contributed by atoms with E-state index in [0.29, 0.717) is 17.5 Å². The summed E-state index contributed by atoms with van der Waals surface area (Å²) in [6.07, 6.45) is 0.621. The zero-order valence-corrected chi connectivity index (χ0v) is 9.96. The van der Waals surface area contributed by atoms with E-state index < -0.39 is 20.7 Å². The van der Waals surface area contributed by atoms with Crippen LogP contribution in [0.4, 0.5) is 5.69 Å². The zero-order valence-electron chi connectivity index (χ0n) is 9.20. The first kappa shape index (κ1) is 12.8. The van der Waals surface area contributed by atoms with Crippen molar-refractivity contribution in [3.63, 3.8) is 0 Å². The molecule has 0 aliphatic carbocycles. The van der Waals surface area contributed by atoms with Crippen molar-refractivity contribution < 1.29 is 14.6 Å². The highest BCUT2D eigenvalue weighted by Crippen LogP contribution is 2.34. The number of hydrogen-bond acceptors (Lipinski definition) is 6. The average Bonchev–Trinajstić information content (AvgIpc) is 2.78. The molecule has 0 saturated heterocycles. The van der Waals surface area contributed by atoms with Crippen molar-refractivity contribution in [3.05, 3.63) is 67.3 Å². The minimum atomic E-state index is -0.937. The summed E-state index contributed by atoms with van der Waals surface area (Å²) in [5, 5.41) is 23.1. The van der Waals surface area contributed by atoms with Crippen molar-refractivity contribution >= 4 is 17.3 Å². The van der Waals surface area contributed by atoms with Crippen LogP contribution in [0.5, 0.6) is 5.75 Å². The molecule has 1 aliphatic rings. The molecule has 1 aromatic carbocycles. The van der Waals surface area contributed by atoms with Gasteiger partial charge in [-0.05, 0) is 23.7 Å². The van der Waals surface area contributed by atoms with Crippen LogP contribution in [-0.2, 0) is 0 Å². The Balaban J connectivity index is 2.42. The number of nitrogens with one attached hydrogen (secondary N) is 1. The minimum absolute atomic E-state index is 0.216. The second-order valence-corrected chi connectivity index (χ2v) is 3.81. The number of nitro groups is 2. The van der Waals surface area contributed by atoms with Gasteiger partial charge in [0.05, 0.1) is 15.5 Å². The Kier molecular flexibility index (Phi) is 3.34. The van der Waals surface area contributed by atoms with Crippen molar-refractivity contribution in [1.82, 2.24) is 0 Å². The Morgan fingerprint density at radius 3 is 2.53 bits per heavy atom. The molecule has 0 aromatic heterocycles. The Bertz CT molecular complexity index is 598. The summed E-state index contributed by atoms with van der Waals surface area (Å²) < 4.78 is 5.21. The van der Waals surface area contributed by atoms with Crippen molar-refractivity contribution in [3.8, 4) is 5.75 Å². The highest BCUT2D eigenvalue weighted by Gasteiger charge is 2.28. The molecule has 2 rings (SSSR count). The lowest BCUT2D eigenvalue weighted by Gasteiger charge is -1.98. The lowest BCUT2D eigenvalue weighted by Crippen LogP contribution is -2.09. The number of nitrogens with zero attached hydrogens (tertiary/aromatic N) is 2. The zero-order chi connectivity index (χ0) is 14.0. The van der Waals surface area contributed by atoms with Gasteiger partial charge in [0.15, 0.2) is 5.75 Å². The number of rotatable bonds is 3. The fourth-order valence-corrected chi connectivity index (χ4v) is 1.50. The molecule has 0 spiro atoms. The van der Waals surface area contributed by atoms with E-state index in [1.165, 1.54) is 0 Å². The van der Waals surface area contributed by atoms with Gasteiger partial charge in [0, 0.05) is 0 Å². The number of ether oxygens (including phenoxy) is 1. The van der Waals surface area contributed by atoms with Crippen molar-refractivity contribution in [2.45, 2.75) is 0 Å². The summed E-state index contributed by atoms with van der Waals surface area (Å²) in [4.78, 5) is 19.5. The molecule has 1 aromatic rings. The molecule has 1 N–H and O–H groups in total. The van der Waals surface area contributed by atoms with Crippen molar-refractivity contribution in [2.75, 3.05) is 5.32 Å². The van der Waals surface area contributed by atoms with Crippen LogP contribution in [0.3, 0.4) is 0 Å². The molecule has 1 heterocycles. The summed E-state index contributed by atoms with van der Waals surface area (Å²) in [5.41, 5.74) is -0.0969. The fourth-order valence-electron chi connectivity index (χ4n) is 1.40. The Hall–Kier alpha value is -2.61. The topological polar surface area (TPSA) is 108 Å². The van der Waals surface area contributed by atoms with Crippen molar-refractivity contribution in [2.24, 2.45) is 0 Å². The highest BCUT2D eigenvalue weighted by atomic mass is 35.5. The first-order chi connectivity index (χ1) is 8.99. The van der Waals surface area contributed by atoms with E-state index in [4.69, 9.17) is 16.3 Å². The van der Waals surface area contributed by atoms with Gasteiger partial charge in [-0.25, -0.2) is 0 Å². The summed E-state index contributed by atoms with van der Waals surface area (Å²) in [6.45, 7) is 0. The smallest absolute Gasteiger partial charge is 0.344 e. The second-order valence-electron chi connectivity index (χ2n) is 3.42. The third kappa shape index (κ3) is 2.63. The van der Waals surface area contributed by atoms with Gasteiger partial charge < -0.3 is 10.1 Å². The van der Waals surface area contributed by atoms with E-state index in [2.05, 4.69) is 5.32 Å².